The summed E-state index contributed by atoms with van der Waals surface area (Å²) in [5.41, 5.74) is 3.14. The molecule has 1 heterocycles. The van der Waals surface area contributed by atoms with Crippen molar-refractivity contribution in [3.8, 4) is 11.8 Å². The lowest BCUT2D eigenvalue weighted by atomic mass is 10.0. The van der Waals surface area contributed by atoms with Gasteiger partial charge in [-0.3, -0.25) is 0 Å². The van der Waals surface area contributed by atoms with Crippen LogP contribution in [0.3, 0.4) is 0 Å². The second kappa shape index (κ2) is 10.4. The zero-order valence-corrected chi connectivity index (χ0v) is 17.6. The van der Waals surface area contributed by atoms with Gasteiger partial charge in [-0.15, -0.1) is 6.58 Å². The van der Waals surface area contributed by atoms with Crippen LogP contribution in [0.1, 0.15) is 36.0 Å². The first-order valence-electron chi connectivity index (χ1n) is 10.8. The lowest BCUT2D eigenvalue weighted by molar-refractivity contribution is -0.203. The Hall–Kier alpha value is -2.93. The lowest BCUT2D eigenvalue weighted by Gasteiger charge is -2.29. The molecule has 0 bridgehead atoms. The first-order chi connectivity index (χ1) is 15.2. The van der Waals surface area contributed by atoms with Gasteiger partial charge in [-0.2, -0.15) is 0 Å². The van der Waals surface area contributed by atoms with Crippen LogP contribution in [0.25, 0.3) is 10.8 Å². The van der Waals surface area contributed by atoms with E-state index in [1.165, 1.54) is 17.7 Å². The molecule has 0 saturated carbocycles. The maximum absolute atomic E-state index is 13.3. The molecule has 1 aliphatic rings. The van der Waals surface area contributed by atoms with Gasteiger partial charge in [0, 0.05) is 23.5 Å². The van der Waals surface area contributed by atoms with Crippen LogP contribution >= 0.6 is 0 Å². The molecule has 31 heavy (non-hydrogen) atoms. The first kappa shape index (κ1) is 21.3. The molecule has 0 atom stereocenters. The molecule has 0 N–H and O–H groups in total. The second-order valence-corrected chi connectivity index (χ2v) is 8.02. The average molecular weight is 415 g/mol. The predicted molar refractivity (Wildman–Crippen MR) is 123 cm³/mol. The van der Waals surface area contributed by atoms with Gasteiger partial charge in [0.1, 0.15) is 5.82 Å². The zero-order chi connectivity index (χ0) is 21.5. The van der Waals surface area contributed by atoms with E-state index in [1.54, 1.807) is 6.07 Å². The minimum Gasteiger partial charge on any atom is -0.352 e. The average Bonchev–Trinajstić information content (AvgIpc) is 2.81. The molecule has 2 nitrogen and oxygen atoms in total. The van der Waals surface area contributed by atoms with Crippen LogP contribution < -0.4 is 0 Å². The Bertz CT molecular complexity index is 1080. The van der Waals surface area contributed by atoms with Gasteiger partial charge in [0.25, 0.3) is 0 Å². The number of allylic oxidation sites excluding steroid dienone is 1. The van der Waals surface area contributed by atoms with Crippen molar-refractivity contribution in [2.45, 2.75) is 32.0 Å². The van der Waals surface area contributed by atoms with Gasteiger partial charge in [0.15, 0.2) is 6.29 Å². The van der Waals surface area contributed by atoms with Crippen molar-refractivity contribution in [1.82, 2.24) is 0 Å². The quantitative estimate of drug-likeness (QED) is 0.350. The van der Waals surface area contributed by atoms with Gasteiger partial charge in [-0.05, 0) is 72.0 Å². The Morgan fingerprint density at radius 2 is 1.55 bits per heavy atom. The van der Waals surface area contributed by atoms with Gasteiger partial charge in [-0.25, -0.2) is 4.39 Å². The molecule has 1 aliphatic heterocycles. The molecule has 4 rings (SSSR count). The number of ether oxygens (including phenoxy) is 2. The van der Waals surface area contributed by atoms with Crippen molar-refractivity contribution in [3.63, 3.8) is 0 Å². The summed E-state index contributed by atoms with van der Waals surface area (Å²) in [5, 5.41) is 1.87. The number of aryl methyl sites for hydroxylation is 1. The molecule has 0 aromatic heterocycles. The van der Waals surface area contributed by atoms with Gasteiger partial charge in [0.05, 0.1) is 13.2 Å². The summed E-state index contributed by atoms with van der Waals surface area (Å²) < 4.78 is 25.0. The summed E-state index contributed by atoms with van der Waals surface area (Å²) >= 11 is 0. The van der Waals surface area contributed by atoms with E-state index in [1.807, 2.05) is 36.4 Å². The number of fused-ring (bicyclic) bond motifs is 1. The molecule has 1 saturated heterocycles. The topological polar surface area (TPSA) is 18.5 Å². The molecule has 0 aliphatic carbocycles. The maximum Gasteiger partial charge on any atom is 0.157 e. The molecule has 0 unspecified atom stereocenters. The Morgan fingerprint density at radius 1 is 0.871 bits per heavy atom. The highest BCUT2D eigenvalue weighted by Crippen LogP contribution is 2.20. The summed E-state index contributed by atoms with van der Waals surface area (Å²) in [4.78, 5) is 0. The molecule has 3 heteroatoms. The smallest absolute Gasteiger partial charge is 0.157 e. The highest BCUT2D eigenvalue weighted by Gasteiger charge is 2.21. The van der Waals surface area contributed by atoms with Crippen LogP contribution in [0.4, 0.5) is 4.39 Å². The number of hydrogen-bond acceptors (Lipinski definition) is 2. The first-order valence-corrected chi connectivity index (χ1v) is 10.8. The van der Waals surface area contributed by atoms with E-state index in [-0.39, 0.29) is 12.1 Å². The van der Waals surface area contributed by atoms with Crippen LogP contribution in [0.15, 0.2) is 73.3 Å². The largest absolute Gasteiger partial charge is 0.352 e. The van der Waals surface area contributed by atoms with Gasteiger partial charge in [0.2, 0.25) is 0 Å². The minimum atomic E-state index is -0.222. The summed E-state index contributed by atoms with van der Waals surface area (Å²) in [6.07, 6.45) is 5.70. The fourth-order valence-electron chi connectivity index (χ4n) is 3.75. The van der Waals surface area contributed by atoms with Crippen LogP contribution in [0.2, 0.25) is 0 Å². The monoisotopic (exact) mass is 414 g/mol. The van der Waals surface area contributed by atoms with Crippen molar-refractivity contribution in [1.29, 1.82) is 0 Å². The van der Waals surface area contributed by atoms with Crippen LogP contribution in [-0.4, -0.2) is 19.5 Å². The van der Waals surface area contributed by atoms with Crippen molar-refractivity contribution in [2.75, 3.05) is 13.2 Å². The Morgan fingerprint density at radius 3 is 2.32 bits per heavy atom. The molecule has 3 aromatic carbocycles. The zero-order valence-electron chi connectivity index (χ0n) is 17.6. The number of halogens is 1. The van der Waals surface area contributed by atoms with Crippen molar-refractivity contribution in [2.24, 2.45) is 5.92 Å². The van der Waals surface area contributed by atoms with Crippen LogP contribution in [-0.2, 0) is 15.9 Å². The minimum absolute atomic E-state index is 0.110. The predicted octanol–water partition coefficient (Wildman–Crippen LogP) is 6.27. The third kappa shape index (κ3) is 6.04. The summed E-state index contributed by atoms with van der Waals surface area (Å²) in [6, 6.07) is 18.9. The molecule has 3 aromatic rings. The summed E-state index contributed by atoms with van der Waals surface area (Å²) in [5.74, 6) is 6.67. The molecule has 1 fully saturated rings. The highest BCUT2D eigenvalue weighted by atomic mass is 19.1. The Labute approximate surface area is 183 Å². The van der Waals surface area contributed by atoms with E-state index in [0.717, 1.165) is 60.8 Å². The summed E-state index contributed by atoms with van der Waals surface area (Å²) in [7, 11) is 0. The van der Waals surface area contributed by atoms with Crippen molar-refractivity contribution in [3.05, 3.63) is 95.8 Å². The van der Waals surface area contributed by atoms with Crippen LogP contribution in [0.5, 0.6) is 0 Å². The van der Waals surface area contributed by atoms with Crippen molar-refractivity contribution < 1.29 is 13.9 Å². The molecular weight excluding hydrogens is 387 g/mol. The standard InChI is InChI=1S/C28H27FO2/c1-2-3-4-24-19-30-28(31-20-24)16-12-22-7-5-21(6-8-22)9-10-23-11-13-26-18-27(29)15-14-25(26)17-23/h2,5-8,11,13-15,17-18,24,28H,1,3-4,12,16,19-20H2. The number of rotatable bonds is 6. The SMILES string of the molecule is C=CCCC1COC(CCc2ccc(C#Cc3ccc4cc(F)ccc4c3)cc2)OC1. The summed E-state index contributed by atoms with van der Waals surface area (Å²) in [6.45, 7) is 5.32. The van der Waals surface area contributed by atoms with E-state index >= 15 is 0 Å². The van der Waals surface area contributed by atoms with Crippen molar-refractivity contribution >= 4 is 10.8 Å². The van der Waals surface area contributed by atoms with Gasteiger partial charge < -0.3 is 9.47 Å². The molecule has 0 spiro atoms. The molecule has 0 radical (unpaired) electrons. The van der Waals surface area contributed by atoms with E-state index in [9.17, 15) is 4.39 Å². The fraction of sp³-hybridized carbons (Fsp3) is 0.286. The Kier molecular flexibility index (Phi) is 7.14. The third-order valence-electron chi connectivity index (χ3n) is 5.59. The van der Waals surface area contributed by atoms with Crippen LogP contribution in [0, 0.1) is 23.6 Å². The molecule has 158 valence electrons. The maximum atomic E-state index is 13.3. The second-order valence-electron chi connectivity index (χ2n) is 8.02. The van der Waals surface area contributed by atoms with E-state index in [4.69, 9.17) is 9.47 Å². The van der Waals surface area contributed by atoms with E-state index in [2.05, 4.69) is 30.6 Å². The lowest BCUT2D eigenvalue weighted by Crippen LogP contribution is -2.32. The van der Waals surface area contributed by atoms with E-state index in [0.29, 0.717) is 5.92 Å². The molecule has 0 amide bonds. The van der Waals surface area contributed by atoms with Gasteiger partial charge in [-0.1, -0.05) is 42.2 Å². The highest BCUT2D eigenvalue weighted by molar-refractivity contribution is 5.83. The van der Waals surface area contributed by atoms with Gasteiger partial charge >= 0.3 is 0 Å². The Balaban J connectivity index is 1.29. The third-order valence-corrected chi connectivity index (χ3v) is 5.59. The normalized spacial score (nSPS) is 18.4. The number of hydrogen-bond donors (Lipinski definition) is 0. The van der Waals surface area contributed by atoms with E-state index < -0.39 is 0 Å². The molecular formula is C28H27FO2. The number of benzene rings is 3. The fourth-order valence-corrected chi connectivity index (χ4v) is 3.75.